The Bertz CT molecular complexity index is 411. The Kier molecular flexibility index (Phi) is 3.20. The zero-order chi connectivity index (χ0) is 10.5. The zero-order valence-corrected chi connectivity index (χ0v) is 8.85. The van der Waals surface area contributed by atoms with Gasteiger partial charge < -0.3 is 0 Å². The molecule has 2 rings (SSSR count). The van der Waals surface area contributed by atoms with Crippen LogP contribution < -0.4 is 5.32 Å². The normalized spacial score (nSPS) is 9.93. The molecule has 75 valence electrons. The van der Waals surface area contributed by atoms with Gasteiger partial charge in [-0.3, -0.25) is 10.3 Å². The highest BCUT2D eigenvalue weighted by Crippen LogP contribution is 2.11. The highest BCUT2D eigenvalue weighted by atomic mass is 35.5. The fourth-order valence-electron chi connectivity index (χ4n) is 1.22. The van der Waals surface area contributed by atoms with Crippen LogP contribution in [0, 0.1) is 0 Å². The van der Waals surface area contributed by atoms with Crippen molar-refractivity contribution in [3.63, 3.8) is 0 Å². The molecule has 2 nitrogen and oxygen atoms in total. The van der Waals surface area contributed by atoms with Gasteiger partial charge in [-0.15, -0.1) is 0 Å². The number of aromatic nitrogens is 1. The van der Waals surface area contributed by atoms with Crippen LogP contribution in [0.15, 0.2) is 48.8 Å². The van der Waals surface area contributed by atoms with E-state index in [2.05, 4.69) is 10.3 Å². The van der Waals surface area contributed by atoms with Gasteiger partial charge >= 0.3 is 0 Å². The highest BCUT2D eigenvalue weighted by molar-refractivity contribution is 6.30. The van der Waals surface area contributed by atoms with E-state index >= 15 is 0 Å². The van der Waals surface area contributed by atoms with Crippen molar-refractivity contribution < 1.29 is 0 Å². The SMILES string of the molecule is Clc1ccc(C[N]c2ccncc2)cc1. The van der Waals surface area contributed by atoms with Gasteiger partial charge in [-0.1, -0.05) is 23.7 Å². The monoisotopic (exact) mass is 217 g/mol. The lowest BCUT2D eigenvalue weighted by Gasteiger charge is -2.02. The molecule has 0 saturated carbocycles. The molecular weight excluding hydrogens is 208 g/mol. The molecule has 0 aliphatic heterocycles. The van der Waals surface area contributed by atoms with Crippen molar-refractivity contribution in [1.82, 2.24) is 10.3 Å². The molecule has 0 unspecified atom stereocenters. The Labute approximate surface area is 93.9 Å². The number of halogens is 1. The van der Waals surface area contributed by atoms with E-state index in [4.69, 9.17) is 11.6 Å². The molecule has 0 aliphatic rings. The average molecular weight is 218 g/mol. The minimum Gasteiger partial charge on any atom is -0.281 e. The van der Waals surface area contributed by atoms with Crippen LogP contribution in [0.4, 0.5) is 5.69 Å². The van der Waals surface area contributed by atoms with Gasteiger partial charge in [-0.25, -0.2) is 0 Å². The summed E-state index contributed by atoms with van der Waals surface area (Å²) in [5.74, 6) is 0. The van der Waals surface area contributed by atoms with Crippen molar-refractivity contribution in [3.05, 3.63) is 59.4 Å². The third-order valence-electron chi connectivity index (χ3n) is 2.02. The number of hydrogen-bond acceptors (Lipinski definition) is 1. The summed E-state index contributed by atoms with van der Waals surface area (Å²) in [6.07, 6.45) is 3.47. The van der Waals surface area contributed by atoms with Crippen LogP contribution in [0.3, 0.4) is 0 Å². The first-order valence-electron chi connectivity index (χ1n) is 4.66. The summed E-state index contributed by atoms with van der Waals surface area (Å²) in [7, 11) is 0. The topological polar surface area (TPSA) is 27.0 Å². The molecule has 0 atom stereocenters. The average Bonchev–Trinajstić information content (AvgIpc) is 2.30. The van der Waals surface area contributed by atoms with Crippen LogP contribution in [0.25, 0.3) is 0 Å². The van der Waals surface area contributed by atoms with E-state index in [9.17, 15) is 0 Å². The van der Waals surface area contributed by atoms with E-state index in [1.54, 1.807) is 12.4 Å². The molecular formula is C12H10ClN2. The van der Waals surface area contributed by atoms with Crippen molar-refractivity contribution in [2.24, 2.45) is 0 Å². The Morgan fingerprint density at radius 3 is 2.33 bits per heavy atom. The summed E-state index contributed by atoms with van der Waals surface area (Å²) in [4.78, 5) is 3.93. The molecule has 0 bridgehead atoms. The molecule has 15 heavy (non-hydrogen) atoms. The van der Waals surface area contributed by atoms with Crippen LogP contribution in [0.1, 0.15) is 5.56 Å². The lowest BCUT2D eigenvalue weighted by molar-refractivity contribution is 0.861. The van der Waals surface area contributed by atoms with E-state index in [1.807, 2.05) is 36.4 Å². The fourth-order valence-corrected chi connectivity index (χ4v) is 1.35. The maximum Gasteiger partial charge on any atom is 0.0646 e. The van der Waals surface area contributed by atoms with Gasteiger partial charge in [0.15, 0.2) is 0 Å². The summed E-state index contributed by atoms with van der Waals surface area (Å²) in [6.45, 7) is 0.668. The molecule has 0 aliphatic carbocycles. The predicted molar refractivity (Wildman–Crippen MR) is 61.2 cm³/mol. The summed E-state index contributed by atoms with van der Waals surface area (Å²) < 4.78 is 0. The second kappa shape index (κ2) is 4.80. The molecule has 0 saturated heterocycles. The molecule has 1 aromatic heterocycles. The van der Waals surface area contributed by atoms with Gasteiger partial charge in [0.25, 0.3) is 0 Å². The van der Waals surface area contributed by atoms with Crippen LogP contribution in [-0.2, 0) is 6.54 Å². The van der Waals surface area contributed by atoms with Gasteiger partial charge in [0.1, 0.15) is 0 Å². The molecule has 1 radical (unpaired) electrons. The number of benzene rings is 1. The van der Waals surface area contributed by atoms with Gasteiger partial charge in [-0.05, 0) is 29.8 Å². The van der Waals surface area contributed by atoms with Crippen LogP contribution in [-0.4, -0.2) is 4.98 Å². The molecule has 1 aromatic carbocycles. The van der Waals surface area contributed by atoms with Crippen molar-refractivity contribution in [3.8, 4) is 0 Å². The summed E-state index contributed by atoms with van der Waals surface area (Å²) in [5.41, 5.74) is 2.09. The smallest absolute Gasteiger partial charge is 0.0646 e. The van der Waals surface area contributed by atoms with Gasteiger partial charge in [0, 0.05) is 17.4 Å². The van der Waals surface area contributed by atoms with Crippen molar-refractivity contribution >= 4 is 17.3 Å². The predicted octanol–water partition coefficient (Wildman–Crippen LogP) is 3.17. The second-order valence-electron chi connectivity index (χ2n) is 3.15. The van der Waals surface area contributed by atoms with E-state index in [0.29, 0.717) is 6.54 Å². The minimum atomic E-state index is 0.668. The quantitative estimate of drug-likeness (QED) is 0.776. The molecule has 0 N–H and O–H groups in total. The Hall–Kier alpha value is -1.54. The van der Waals surface area contributed by atoms with Crippen LogP contribution in [0.2, 0.25) is 5.02 Å². The highest BCUT2D eigenvalue weighted by Gasteiger charge is 1.95. The van der Waals surface area contributed by atoms with E-state index in [1.165, 1.54) is 0 Å². The molecule has 1 heterocycles. The van der Waals surface area contributed by atoms with Crippen LogP contribution >= 0.6 is 11.6 Å². The molecule has 3 heteroatoms. The Morgan fingerprint density at radius 2 is 1.67 bits per heavy atom. The Balaban J connectivity index is 1.96. The number of nitrogens with zero attached hydrogens (tertiary/aromatic N) is 2. The van der Waals surface area contributed by atoms with Gasteiger partial charge in [0.05, 0.1) is 12.2 Å². The van der Waals surface area contributed by atoms with Crippen molar-refractivity contribution in [2.45, 2.75) is 6.54 Å². The largest absolute Gasteiger partial charge is 0.281 e. The number of hydrogen-bond donors (Lipinski definition) is 0. The first-order valence-corrected chi connectivity index (χ1v) is 5.04. The summed E-state index contributed by atoms with van der Waals surface area (Å²) in [6, 6.07) is 11.5. The lowest BCUT2D eigenvalue weighted by Crippen LogP contribution is -1.97. The lowest BCUT2D eigenvalue weighted by atomic mass is 10.2. The van der Waals surface area contributed by atoms with Gasteiger partial charge in [-0.2, -0.15) is 0 Å². The van der Waals surface area contributed by atoms with Gasteiger partial charge in [0.2, 0.25) is 0 Å². The summed E-state index contributed by atoms with van der Waals surface area (Å²) >= 11 is 5.79. The first-order chi connectivity index (χ1) is 7.34. The Morgan fingerprint density at radius 1 is 1.00 bits per heavy atom. The van der Waals surface area contributed by atoms with Crippen molar-refractivity contribution in [1.29, 1.82) is 0 Å². The maximum absolute atomic E-state index is 5.79. The maximum atomic E-state index is 5.79. The molecule has 0 spiro atoms. The number of rotatable bonds is 3. The zero-order valence-electron chi connectivity index (χ0n) is 8.10. The van der Waals surface area contributed by atoms with E-state index in [-0.39, 0.29) is 0 Å². The van der Waals surface area contributed by atoms with Crippen molar-refractivity contribution in [2.75, 3.05) is 0 Å². The molecule has 0 fully saturated rings. The van der Waals surface area contributed by atoms with Crippen LogP contribution in [0.5, 0.6) is 0 Å². The molecule has 2 aromatic rings. The second-order valence-corrected chi connectivity index (χ2v) is 3.58. The fraction of sp³-hybridized carbons (Fsp3) is 0.0833. The standard InChI is InChI=1S/C12H10ClN2/c13-11-3-1-10(2-4-11)9-15-12-5-7-14-8-6-12/h1-8H,9H2. The third-order valence-corrected chi connectivity index (χ3v) is 2.27. The van der Waals surface area contributed by atoms with E-state index in [0.717, 1.165) is 16.3 Å². The first kappa shape index (κ1) is 9.99. The summed E-state index contributed by atoms with van der Waals surface area (Å²) in [5, 5.41) is 5.18. The number of pyridine rings is 1. The van der Waals surface area contributed by atoms with E-state index < -0.39 is 0 Å². The third kappa shape index (κ3) is 2.96. The minimum absolute atomic E-state index is 0.668. The molecule has 0 amide bonds.